The number of hydrogen-bond donors (Lipinski definition) is 0. The maximum Gasteiger partial charge on any atom is 0.264 e. The molecule has 1 aromatic rings. The fourth-order valence-electron chi connectivity index (χ4n) is 3.43. The molecule has 3 rings (SSSR count). The molecule has 7 heteroatoms. The van der Waals surface area contributed by atoms with Crippen molar-refractivity contribution in [3.05, 3.63) is 18.0 Å². The maximum absolute atomic E-state index is 11.2. The normalized spacial score (nSPS) is 28.9. The molecular formula is C14H21N3O3S. The largest absolute Gasteiger partial charge is 0.340 e. The van der Waals surface area contributed by atoms with E-state index < -0.39 is 10.1 Å². The third kappa shape index (κ3) is 3.35. The zero-order valence-electron chi connectivity index (χ0n) is 12.4. The smallest absolute Gasteiger partial charge is 0.264 e. The van der Waals surface area contributed by atoms with Crippen LogP contribution in [0.5, 0.6) is 0 Å². The van der Waals surface area contributed by atoms with Gasteiger partial charge in [0.2, 0.25) is 5.95 Å². The minimum absolute atomic E-state index is 0.152. The number of anilines is 1. The summed E-state index contributed by atoms with van der Waals surface area (Å²) < 4.78 is 27.5. The van der Waals surface area contributed by atoms with E-state index in [4.69, 9.17) is 4.18 Å². The molecule has 0 amide bonds. The highest BCUT2D eigenvalue weighted by atomic mass is 32.2. The maximum atomic E-state index is 11.2. The Morgan fingerprint density at radius 2 is 1.81 bits per heavy atom. The summed E-state index contributed by atoms with van der Waals surface area (Å²) in [5, 5.41) is 0. The molecule has 3 atom stereocenters. The molecule has 116 valence electrons. The van der Waals surface area contributed by atoms with Gasteiger partial charge < -0.3 is 4.90 Å². The Kier molecular flexibility index (Phi) is 3.88. The molecule has 0 aromatic carbocycles. The van der Waals surface area contributed by atoms with Crippen LogP contribution in [0.1, 0.15) is 25.3 Å². The highest BCUT2D eigenvalue weighted by Crippen LogP contribution is 2.40. The molecule has 0 bridgehead atoms. The van der Waals surface area contributed by atoms with Gasteiger partial charge in [-0.15, -0.1) is 0 Å². The number of aryl methyl sites for hydroxylation is 1. The van der Waals surface area contributed by atoms with E-state index in [1.807, 2.05) is 12.4 Å². The van der Waals surface area contributed by atoms with Crippen molar-refractivity contribution in [3.8, 4) is 0 Å². The van der Waals surface area contributed by atoms with Gasteiger partial charge in [-0.1, -0.05) is 6.92 Å². The van der Waals surface area contributed by atoms with E-state index in [1.54, 1.807) is 0 Å². The van der Waals surface area contributed by atoms with Gasteiger partial charge in [-0.25, -0.2) is 9.97 Å². The average Bonchev–Trinajstić information content (AvgIpc) is 2.94. The van der Waals surface area contributed by atoms with Crippen LogP contribution in [-0.4, -0.2) is 43.8 Å². The van der Waals surface area contributed by atoms with Crippen LogP contribution in [0.3, 0.4) is 0 Å². The molecule has 2 fully saturated rings. The molecule has 1 aliphatic heterocycles. The van der Waals surface area contributed by atoms with Crippen molar-refractivity contribution in [3.63, 3.8) is 0 Å². The quantitative estimate of drug-likeness (QED) is 0.779. The minimum atomic E-state index is -3.35. The molecule has 6 nitrogen and oxygen atoms in total. The van der Waals surface area contributed by atoms with Gasteiger partial charge in [0.05, 0.1) is 12.4 Å². The van der Waals surface area contributed by atoms with Crippen molar-refractivity contribution in [2.75, 3.05) is 24.2 Å². The minimum Gasteiger partial charge on any atom is -0.340 e. The molecule has 21 heavy (non-hydrogen) atoms. The molecule has 2 aliphatic rings. The second-order valence-corrected chi connectivity index (χ2v) is 7.66. The van der Waals surface area contributed by atoms with Crippen molar-refractivity contribution < 1.29 is 12.6 Å². The lowest BCUT2D eigenvalue weighted by atomic mass is 10.0. The van der Waals surface area contributed by atoms with Gasteiger partial charge in [0.15, 0.2) is 0 Å². The number of nitrogens with zero attached hydrogens (tertiary/aromatic N) is 3. The molecular weight excluding hydrogens is 290 g/mol. The number of fused-ring (bicyclic) bond motifs is 1. The topological polar surface area (TPSA) is 72.4 Å². The third-order valence-electron chi connectivity index (χ3n) is 4.40. The average molecular weight is 311 g/mol. The van der Waals surface area contributed by atoms with Crippen molar-refractivity contribution in [2.45, 2.75) is 32.3 Å². The standard InChI is InChI=1S/C14H21N3O3S/c1-3-10-6-15-14(16-7-10)17-8-11-4-13(5-12(11)9-17)20-21(2,18)19/h6-7,11-13H,3-5,8-9H2,1-2H3/t11-,12+,13-. The van der Waals surface area contributed by atoms with E-state index in [1.165, 1.54) is 0 Å². The molecule has 0 radical (unpaired) electrons. The molecule has 1 aliphatic carbocycles. The van der Waals surface area contributed by atoms with Crippen molar-refractivity contribution in [2.24, 2.45) is 11.8 Å². The van der Waals surface area contributed by atoms with E-state index >= 15 is 0 Å². The molecule has 0 N–H and O–H groups in total. The molecule has 1 saturated carbocycles. The van der Waals surface area contributed by atoms with Crippen molar-refractivity contribution in [1.29, 1.82) is 0 Å². The first kappa shape index (κ1) is 14.7. The van der Waals surface area contributed by atoms with Crippen LogP contribution in [0, 0.1) is 11.8 Å². The summed E-state index contributed by atoms with van der Waals surface area (Å²) in [5.41, 5.74) is 1.14. The first-order valence-electron chi connectivity index (χ1n) is 7.38. The van der Waals surface area contributed by atoms with Gasteiger partial charge in [0.25, 0.3) is 10.1 Å². The van der Waals surface area contributed by atoms with Crippen LogP contribution < -0.4 is 4.90 Å². The molecule has 1 aromatic heterocycles. The molecule has 2 heterocycles. The second-order valence-electron chi connectivity index (χ2n) is 6.06. The third-order valence-corrected chi connectivity index (χ3v) is 5.02. The van der Waals surface area contributed by atoms with Crippen molar-refractivity contribution >= 4 is 16.1 Å². The Morgan fingerprint density at radius 3 is 2.29 bits per heavy atom. The SMILES string of the molecule is CCc1cnc(N2C[C@H]3C[C@@H](OS(C)(=O)=O)C[C@H]3C2)nc1. The lowest BCUT2D eigenvalue weighted by Crippen LogP contribution is -2.25. The number of rotatable bonds is 4. The Hall–Kier alpha value is -1.21. The summed E-state index contributed by atoms with van der Waals surface area (Å²) in [6.45, 7) is 3.86. The van der Waals surface area contributed by atoms with E-state index in [0.29, 0.717) is 11.8 Å². The van der Waals surface area contributed by atoms with E-state index in [-0.39, 0.29) is 6.10 Å². The summed E-state index contributed by atoms with van der Waals surface area (Å²) in [6, 6.07) is 0. The van der Waals surface area contributed by atoms with Gasteiger partial charge in [0.1, 0.15) is 0 Å². The van der Waals surface area contributed by atoms with Crippen LogP contribution in [0.2, 0.25) is 0 Å². The number of aromatic nitrogens is 2. The molecule has 0 spiro atoms. The summed E-state index contributed by atoms with van der Waals surface area (Å²) in [4.78, 5) is 11.0. The first-order valence-corrected chi connectivity index (χ1v) is 9.20. The zero-order chi connectivity index (χ0) is 15.0. The number of hydrogen-bond acceptors (Lipinski definition) is 6. The zero-order valence-corrected chi connectivity index (χ0v) is 13.2. The van der Waals surface area contributed by atoms with Gasteiger partial charge in [0, 0.05) is 25.5 Å². The van der Waals surface area contributed by atoms with Crippen molar-refractivity contribution in [1.82, 2.24) is 9.97 Å². The fraction of sp³-hybridized carbons (Fsp3) is 0.714. The van der Waals surface area contributed by atoms with Crippen LogP contribution in [0.15, 0.2) is 12.4 Å². The predicted molar refractivity (Wildman–Crippen MR) is 79.6 cm³/mol. The van der Waals surface area contributed by atoms with E-state index in [2.05, 4.69) is 21.8 Å². The molecule has 1 saturated heterocycles. The summed E-state index contributed by atoms with van der Waals surface area (Å²) >= 11 is 0. The Labute approximate surface area is 125 Å². The summed E-state index contributed by atoms with van der Waals surface area (Å²) in [6.07, 6.45) is 7.29. The second kappa shape index (κ2) is 5.53. The molecule has 0 unspecified atom stereocenters. The van der Waals surface area contributed by atoms with Crippen LogP contribution in [0.4, 0.5) is 5.95 Å². The van der Waals surface area contributed by atoms with Gasteiger partial charge in [-0.3, -0.25) is 4.18 Å². The Balaban J connectivity index is 1.61. The monoisotopic (exact) mass is 311 g/mol. The van der Waals surface area contributed by atoms with Crippen LogP contribution in [0.25, 0.3) is 0 Å². The summed E-state index contributed by atoms with van der Waals surface area (Å²) in [7, 11) is -3.35. The van der Waals surface area contributed by atoms with Crippen LogP contribution in [-0.2, 0) is 20.7 Å². The van der Waals surface area contributed by atoms with E-state index in [9.17, 15) is 8.42 Å². The summed E-state index contributed by atoms with van der Waals surface area (Å²) in [5.74, 6) is 1.74. The van der Waals surface area contributed by atoms with Gasteiger partial charge in [-0.2, -0.15) is 8.42 Å². The lowest BCUT2D eigenvalue weighted by Gasteiger charge is -2.18. The van der Waals surface area contributed by atoms with Crippen LogP contribution >= 0.6 is 0 Å². The van der Waals surface area contributed by atoms with E-state index in [0.717, 1.165) is 50.1 Å². The Bertz CT molecular complexity index is 588. The van der Waals surface area contributed by atoms with Gasteiger partial charge >= 0.3 is 0 Å². The predicted octanol–water partition coefficient (Wildman–Crippen LogP) is 1.23. The highest BCUT2D eigenvalue weighted by molar-refractivity contribution is 7.86. The first-order chi connectivity index (χ1) is 9.94. The van der Waals surface area contributed by atoms with Gasteiger partial charge in [-0.05, 0) is 36.7 Å². The highest BCUT2D eigenvalue weighted by Gasteiger charge is 2.43. The lowest BCUT2D eigenvalue weighted by molar-refractivity contribution is 0.210. The fourth-order valence-corrected chi connectivity index (χ4v) is 4.08. The Morgan fingerprint density at radius 1 is 1.24 bits per heavy atom.